The lowest BCUT2D eigenvalue weighted by molar-refractivity contribution is 0.444. The third-order valence-corrected chi connectivity index (χ3v) is 3.74. The predicted octanol–water partition coefficient (Wildman–Crippen LogP) is 6.29. The Bertz CT molecular complexity index is 834. The van der Waals surface area contributed by atoms with Crippen LogP contribution in [0.5, 0.6) is 0 Å². The molecule has 120 valence electrons. The highest BCUT2D eigenvalue weighted by atomic mass is 79.9. The summed E-state index contributed by atoms with van der Waals surface area (Å²) in [6.45, 7) is 1.77. The summed E-state index contributed by atoms with van der Waals surface area (Å²) in [5.74, 6) is -5.37. The summed E-state index contributed by atoms with van der Waals surface area (Å²) < 4.78 is 62.7. The van der Waals surface area contributed by atoms with Crippen molar-refractivity contribution in [1.82, 2.24) is 0 Å². The molecule has 0 N–H and O–H groups in total. The molecule has 0 amide bonds. The zero-order chi connectivity index (χ0) is 17.1. The second-order valence-corrected chi connectivity index (χ2v) is 5.55. The first-order chi connectivity index (χ1) is 10.8. The number of hydrogen-bond donors (Lipinski definition) is 0. The molecule has 0 aliphatic carbocycles. The predicted molar refractivity (Wildman–Crippen MR) is 82.6 cm³/mol. The molecular formula is C17H10BrF5. The van der Waals surface area contributed by atoms with Crippen molar-refractivity contribution in [1.29, 1.82) is 0 Å². The molecule has 0 aliphatic heterocycles. The third-order valence-electron chi connectivity index (χ3n) is 3.13. The van der Waals surface area contributed by atoms with E-state index in [0.717, 1.165) is 29.1 Å². The molecule has 3 aromatic carbocycles. The molecule has 0 fully saturated rings. The van der Waals surface area contributed by atoms with Crippen LogP contribution in [0.3, 0.4) is 0 Å². The van der Waals surface area contributed by atoms with Crippen LogP contribution in [0.1, 0.15) is 5.56 Å². The van der Waals surface area contributed by atoms with Crippen LogP contribution in [0, 0.1) is 36.0 Å². The number of hydrogen-bond acceptors (Lipinski definition) is 0. The highest BCUT2D eigenvalue weighted by Crippen LogP contribution is 2.23. The Hall–Kier alpha value is -1.95. The van der Waals surface area contributed by atoms with Gasteiger partial charge in [0.15, 0.2) is 29.1 Å². The monoisotopic (exact) mass is 388 g/mol. The zero-order valence-electron chi connectivity index (χ0n) is 11.8. The number of rotatable bonds is 0. The van der Waals surface area contributed by atoms with Crippen molar-refractivity contribution >= 4 is 26.7 Å². The van der Waals surface area contributed by atoms with Crippen LogP contribution >= 0.6 is 15.9 Å². The summed E-state index contributed by atoms with van der Waals surface area (Å²) in [6.07, 6.45) is 0. The van der Waals surface area contributed by atoms with Crippen LogP contribution in [0.15, 0.2) is 46.9 Å². The molecule has 3 aromatic rings. The van der Waals surface area contributed by atoms with Gasteiger partial charge in [-0.3, -0.25) is 0 Å². The molecule has 0 aliphatic rings. The van der Waals surface area contributed by atoms with E-state index >= 15 is 0 Å². The summed E-state index contributed by atoms with van der Waals surface area (Å²) in [5, 5.41) is 1.11. The third kappa shape index (κ3) is 3.69. The van der Waals surface area contributed by atoms with Crippen molar-refractivity contribution in [3.63, 3.8) is 0 Å². The SMILES string of the molecule is Cc1cccc2ccc(F)c(F)c12.Fc1ccc(Br)c(F)c1F. The molecule has 0 bridgehead atoms. The largest absolute Gasteiger partial charge is 0.204 e. The quantitative estimate of drug-likeness (QED) is 0.241. The summed E-state index contributed by atoms with van der Waals surface area (Å²) in [5.41, 5.74) is 0.759. The minimum atomic E-state index is -1.45. The summed E-state index contributed by atoms with van der Waals surface area (Å²) >= 11 is 2.70. The summed E-state index contributed by atoms with van der Waals surface area (Å²) in [6, 6.07) is 10.1. The van der Waals surface area contributed by atoms with Crippen molar-refractivity contribution < 1.29 is 22.0 Å². The molecule has 0 saturated carbocycles. The maximum absolute atomic E-state index is 13.3. The van der Waals surface area contributed by atoms with E-state index in [2.05, 4.69) is 15.9 Å². The van der Waals surface area contributed by atoms with Gasteiger partial charge in [-0.1, -0.05) is 24.3 Å². The van der Waals surface area contributed by atoms with Gasteiger partial charge in [-0.25, -0.2) is 22.0 Å². The molecule has 0 nitrogen and oxygen atoms in total. The Kier molecular flexibility index (Phi) is 5.36. The van der Waals surface area contributed by atoms with Gasteiger partial charge in [-0.15, -0.1) is 0 Å². The lowest BCUT2D eigenvalue weighted by atomic mass is 10.1. The molecule has 0 aromatic heterocycles. The van der Waals surface area contributed by atoms with E-state index in [1.807, 2.05) is 6.07 Å². The van der Waals surface area contributed by atoms with E-state index in [4.69, 9.17) is 0 Å². The molecule has 0 spiro atoms. The van der Waals surface area contributed by atoms with Crippen LogP contribution in [-0.2, 0) is 0 Å². The molecule has 6 heteroatoms. The van der Waals surface area contributed by atoms with Crippen molar-refractivity contribution in [2.45, 2.75) is 6.92 Å². The van der Waals surface area contributed by atoms with Crippen molar-refractivity contribution in [2.75, 3.05) is 0 Å². The lowest BCUT2D eigenvalue weighted by Crippen LogP contribution is -1.89. The summed E-state index contributed by atoms with van der Waals surface area (Å²) in [7, 11) is 0. The highest BCUT2D eigenvalue weighted by molar-refractivity contribution is 9.10. The first kappa shape index (κ1) is 17.4. The van der Waals surface area contributed by atoms with Crippen molar-refractivity contribution in [3.05, 3.63) is 81.6 Å². The fourth-order valence-electron chi connectivity index (χ4n) is 1.99. The Labute approximate surface area is 137 Å². The Morgan fingerprint density at radius 3 is 1.96 bits per heavy atom. The fraction of sp³-hybridized carbons (Fsp3) is 0.0588. The molecule has 0 heterocycles. The van der Waals surface area contributed by atoms with Crippen LogP contribution in [-0.4, -0.2) is 0 Å². The van der Waals surface area contributed by atoms with E-state index in [1.165, 1.54) is 0 Å². The number of fused-ring (bicyclic) bond motifs is 1. The van der Waals surface area contributed by atoms with E-state index in [-0.39, 0.29) is 4.47 Å². The number of benzene rings is 3. The van der Waals surface area contributed by atoms with Gasteiger partial charge in [0.1, 0.15) is 0 Å². The Balaban J connectivity index is 0.000000174. The Morgan fingerprint density at radius 2 is 1.30 bits per heavy atom. The Morgan fingerprint density at radius 1 is 0.696 bits per heavy atom. The molecule has 0 atom stereocenters. The second kappa shape index (κ2) is 7.08. The lowest BCUT2D eigenvalue weighted by Gasteiger charge is -2.03. The van der Waals surface area contributed by atoms with Crippen LogP contribution in [0.25, 0.3) is 10.8 Å². The minimum Gasteiger partial charge on any atom is -0.204 e. The second-order valence-electron chi connectivity index (χ2n) is 4.69. The first-order valence-electron chi connectivity index (χ1n) is 6.45. The van der Waals surface area contributed by atoms with Gasteiger partial charge in [0.2, 0.25) is 0 Å². The van der Waals surface area contributed by atoms with Crippen LogP contribution in [0.2, 0.25) is 0 Å². The molecule has 0 saturated heterocycles. The van der Waals surface area contributed by atoms with Gasteiger partial charge in [0.05, 0.1) is 4.47 Å². The van der Waals surface area contributed by atoms with Gasteiger partial charge in [-0.05, 0) is 52.0 Å². The zero-order valence-corrected chi connectivity index (χ0v) is 13.4. The van der Waals surface area contributed by atoms with Crippen LogP contribution in [0.4, 0.5) is 22.0 Å². The number of halogens is 6. The standard InChI is InChI=1S/C11H8F2.C6H2BrF3/c1-7-3-2-4-8-5-6-9(12)11(13)10(7)8;7-3-1-2-4(8)6(10)5(3)9/h2-6H,1H3;1-2H. The van der Waals surface area contributed by atoms with E-state index in [0.29, 0.717) is 5.39 Å². The average Bonchev–Trinajstić information content (AvgIpc) is 2.53. The number of aryl methyl sites for hydroxylation is 1. The van der Waals surface area contributed by atoms with E-state index < -0.39 is 29.1 Å². The molecule has 0 unspecified atom stereocenters. The topological polar surface area (TPSA) is 0 Å². The first-order valence-corrected chi connectivity index (χ1v) is 7.24. The van der Waals surface area contributed by atoms with E-state index in [9.17, 15) is 22.0 Å². The molecule has 23 heavy (non-hydrogen) atoms. The molecule has 0 radical (unpaired) electrons. The molecule has 3 rings (SSSR count). The normalized spacial score (nSPS) is 10.4. The van der Waals surface area contributed by atoms with Crippen molar-refractivity contribution in [3.8, 4) is 0 Å². The van der Waals surface area contributed by atoms with Gasteiger partial charge >= 0.3 is 0 Å². The maximum atomic E-state index is 13.3. The van der Waals surface area contributed by atoms with Gasteiger partial charge in [-0.2, -0.15) is 0 Å². The van der Waals surface area contributed by atoms with Gasteiger partial charge < -0.3 is 0 Å². The van der Waals surface area contributed by atoms with Crippen LogP contribution < -0.4 is 0 Å². The van der Waals surface area contributed by atoms with E-state index in [1.54, 1.807) is 25.1 Å². The minimum absolute atomic E-state index is 0.0774. The average molecular weight is 389 g/mol. The van der Waals surface area contributed by atoms with Crippen molar-refractivity contribution in [2.24, 2.45) is 0 Å². The maximum Gasteiger partial charge on any atom is 0.195 e. The highest BCUT2D eigenvalue weighted by Gasteiger charge is 2.10. The summed E-state index contributed by atoms with van der Waals surface area (Å²) in [4.78, 5) is 0. The smallest absolute Gasteiger partial charge is 0.195 e. The van der Waals surface area contributed by atoms with Gasteiger partial charge in [0, 0.05) is 5.39 Å². The fourth-order valence-corrected chi connectivity index (χ4v) is 2.29. The van der Waals surface area contributed by atoms with Gasteiger partial charge in [0.25, 0.3) is 0 Å². The molecular weight excluding hydrogens is 379 g/mol.